The van der Waals surface area contributed by atoms with Gasteiger partial charge in [-0.3, -0.25) is 4.68 Å². The first-order chi connectivity index (χ1) is 7.58. The molecule has 16 heavy (non-hydrogen) atoms. The number of rotatable bonds is 6. The van der Waals surface area contributed by atoms with E-state index in [2.05, 4.69) is 17.3 Å². The Labute approximate surface area is 96.7 Å². The first-order valence-corrected chi connectivity index (χ1v) is 5.38. The molecule has 1 aromatic heterocycles. The van der Waals surface area contributed by atoms with Crippen molar-refractivity contribution in [2.24, 2.45) is 7.05 Å². The van der Waals surface area contributed by atoms with E-state index < -0.39 is 0 Å². The predicted octanol–water partition coefficient (Wildman–Crippen LogP) is 1.08. The molecule has 0 radical (unpaired) electrons. The molecule has 0 saturated carbocycles. The van der Waals surface area contributed by atoms with Gasteiger partial charge in [0.2, 0.25) is 0 Å². The maximum absolute atomic E-state index is 5.20. The van der Waals surface area contributed by atoms with Crippen LogP contribution in [0.2, 0.25) is 0 Å². The van der Waals surface area contributed by atoms with Crippen LogP contribution in [0.3, 0.4) is 0 Å². The molecule has 2 atom stereocenters. The molecule has 2 unspecified atom stereocenters. The molecule has 1 N–H and O–H groups in total. The van der Waals surface area contributed by atoms with E-state index in [0.29, 0.717) is 0 Å². The average Bonchev–Trinajstić information content (AvgIpc) is 2.66. The number of hydrogen-bond donors (Lipinski definition) is 1. The number of ether oxygens (including phenoxy) is 2. The summed E-state index contributed by atoms with van der Waals surface area (Å²) in [4.78, 5) is 0. The van der Waals surface area contributed by atoms with Gasteiger partial charge in [0, 0.05) is 39.1 Å². The monoisotopic (exact) mass is 227 g/mol. The Hall–Kier alpha value is -0.910. The Balaban J connectivity index is 2.53. The van der Waals surface area contributed by atoms with Gasteiger partial charge in [-0.1, -0.05) is 0 Å². The Morgan fingerprint density at radius 2 is 1.94 bits per heavy atom. The molecule has 0 fully saturated rings. The Morgan fingerprint density at radius 1 is 1.31 bits per heavy atom. The van der Waals surface area contributed by atoms with Crippen LogP contribution in [0.4, 0.5) is 0 Å². The SMILES string of the molecule is COC(OC)C(C)NC(C)c1cnn(C)c1. The van der Waals surface area contributed by atoms with E-state index in [1.54, 1.807) is 18.9 Å². The van der Waals surface area contributed by atoms with Gasteiger partial charge in [0.05, 0.1) is 12.2 Å². The Morgan fingerprint density at radius 3 is 2.38 bits per heavy atom. The second kappa shape index (κ2) is 5.98. The molecule has 0 bridgehead atoms. The minimum absolute atomic E-state index is 0.116. The van der Waals surface area contributed by atoms with Crippen LogP contribution in [0.25, 0.3) is 0 Å². The molecule has 0 spiro atoms. The fourth-order valence-corrected chi connectivity index (χ4v) is 1.74. The van der Waals surface area contributed by atoms with Crippen molar-refractivity contribution in [1.82, 2.24) is 15.1 Å². The molecular weight excluding hydrogens is 206 g/mol. The first kappa shape index (κ1) is 13.2. The van der Waals surface area contributed by atoms with Crippen molar-refractivity contribution in [1.29, 1.82) is 0 Å². The lowest BCUT2D eigenvalue weighted by atomic mass is 10.1. The van der Waals surface area contributed by atoms with E-state index in [9.17, 15) is 0 Å². The quantitative estimate of drug-likeness (QED) is 0.739. The van der Waals surface area contributed by atoms with Gasteiger partial charge in [0.1, 0.15) is 0 Å². The summed E-state index contributed by atoms with van der Waals surface area (Å²) in [6.07, 6.45) is 3.62. The van der Waals surface area contributed by atoms with Crippen LogP contribution in [-0.4, -0.2) is 36.3 Å². The highest BCUT2D eigenvalue weighted by Gasteiger charge is 2.18. The fourth-order valence-electron chi connectivity index (χ4n) is 1.74. The lowest BCUT2D eigenvalue weighted by molar-refractivity contribution is -0.120. The fraction of sp³-hybridized carbons (Fsp3) is 0.727. The number of hydrogen-bond acceptors (Lipinski definition) is 4. The highest BCUT2D eigenvalue weighted by Crippen LogP contribution is 2.12. The molecular formula is C11H21N3O2. The normalized spacial score (nSPS) is 15.4. The van der Waals surface area contributed by atoms with Crippen molar-refractivity contribution in [3.05, 3.63) is 18.0 Å². The first-order valence-electron chi connectivity index (χ1n) is 5.38. The molecule has 0 saturated heterocycles. The van der Waals surface area contributed by atoms with E-state index in [-0.39, 0.29) is 18.4 Å². The summed E-state index contributed by atoms with van der Waals surface area (Å²) in [5.74, 6) is 0. The highest BCUT2D eigenvalue weighted by molar-refractivity contribution is 5.09. The van der Waals surface area contributed by atoms with Crippen molar-refractivity contribution < 1.29 is 9.47 Å². The summed E-state index contributed by atoms with van der Waals surface area (Å²) < 4.78 is 12.2. The number of aromatic nitrogens is 2. The van der Waals surface area contributed by atoms with E-state index in [1.165, 1.54) is 0 Å². The predicted molar refractivity (Wildman–Crippen MR) is 62.0 cm³/mol. The Bertz CT molecular complexity index is 310. The zero-order valence-electron chi connectivity index (χ0n) is 10.6. The van der Waals surface area contributed by atoms with Gasteiger partial charge < -0.3 is 14.8 Å². The third kappa shape index (κ3) is 3.30. The molecule has 92 valence electrons. The second-order valence-electron chi connectivity index (χ2n) is 3.96. The van der Waals surface area contributed by atoms with E-state index >= 15 is 0 Å². The largest absolute Gasteiger partial charge is 0.354 e. The molecule has 5 nitrogen and oxygen atoms in total. The maximum Gasteiger partial charge on any atom is 0.171 e. The van der Waals surface area contributed by atoms with Crippen molar-refractivity contribution in [3.8, 4) is 0 Å². The molecule has 1 aromatic rings. The number of nitrogens with one attached hydrogen (secondary N) is 1. The smallest absolute Gasteiger partial charge is 0.171 e. The van der Waals surface area contributed by atoms with Crippen LogP contribution in [0.15, 0.2) is 12.4 Å². The van der Waals surface area contributed by atoms with Crippen LogP contribution in [0, 0.1) is 0 Å². The average molecular weight is 227 g/mol. The van der Waals surface area contributed by atoms with E-state index in [0.717, 1.165) is 5.56 Å². The standard InChI is InChI=1S/C11H21N3O2/c1-8(10-6-12-14(3)7-10)13-9(2)11(15-4)16-5/h6-9,11,13H,1-5H3. The van der Waals surface area contributed by atoms with Gasteiger partial charge in [-0.15, -0.1) is 0 Å². The molecule has 0 aliphatic carbocycles. The van der Waals surface area contributed by atoms with Gasteiger partial charge in [-0.25, -0.2) is 0 Å². The summed E-state index contributed by atoms with van der Waals surface area (Å²) >= 11 is 0. The molecule has 5 heteroatoms. The molecule has 0 aliphatic rings. The highest BCUT2D eigenvalue weighted by atomic mass is 16.7. The number of nitrogens with zero attached hydrogens (tertiary/aromatic N) is 2. The van der Waals surface area contributed by atoms with Gasteiger partial charge in [-0.2, -0.15) is 5.10 Å². The summed E-state index contributed by atoms with van der Waals surface area (Å²) in [6, 6.07) is 0.335. The molecule has 0 aliphatic heterocycles. The minimum Gasteiger partial charge on any atom is -0.354 e. The molecule has 0 aromatic carbocycles. The second-order valence-corrected chi connectivity index (χ2v) is 3.96. The lowest BCUT2D eigenvalue weighted by Crippen LogP contribution is -2.40. The number of aryl methyl sites for hydroxylation is 1. The topological polar surface area (TPSA) is 48.3 Å². The van der Waals surface area contributed by atoms with Crippen molar-refractivity contribution in [2.45, 2.75) is 32.2 Å². The summed E-state index contributed by atoms with van der Waals surface area (Å²) in [5, 5.41) is 7.55. The van der Waals surface area contributed by atoms with Gasteiger partial charge >= 0.3 is 0 Å². The van der Waals surface area contributed by atoms with E-state index in [1.807, 2.05) is 26.4 Å². The van der Waals surface area contributed by atoms with Gasteiger partial charge in [0.25, 0.3) is 0 Å². The van der Waals surface area contributed by atoms with E-state index in [4.69, 9.17) is 9.47 Å². The van der Waals surface area contributed by atoms with Gasteiger partial charge in [-0.05, 0) is 13.8 Å². The van der Waals surface area contributed by atoms with Crippen molar-refractivity contribution >= 4 is 0 Å². The number of methoxy groups -OCH3 is 2. The van der Waals surface area contributed by atoms with Crippen LogP contribution in [-0.2, 0) is 16.5 Å². The maximum atomic E-state index is 5.20. The molecule has 1 heterocycles. The van der Waals surface area contributed by atoms with Gasteiger partial charge in [0.15, 0.2) is 6.29 Å². The Kier molecular flexibility index (Phi) is 4.92. The van der Waals surface area contributed by atoms with Crippen LogP contribution in [0.5, 0.6) is 0 Å². The zero-order valence-corrected chi connectivity index (χ0v) is 10.6. The summed E-state index contributed by atoms with van der Waals surface area (Å²) in [6.45, 7) is 4.13. The van der Waals surface area contributed by atoms with Crippen molar-refractivity contribution in [2.75, 3.05) is 14.2 Å². The third-order valence-corrected chi connectivity index (χ3v) is 2.61. The lowest BCUT2D eigenvalue weighted by Gasteiger charge is -2.25. The summed E-state index contributed by atoms with van der Waals surface area (Å²) in [5.41, 5.74) is 1.15. The summed E-state index contributed by atoms with van der Waals surface area (Å²) in [7, 11) is 5.19. The van der Waals surface area contributed by atoms with Crippen LogP contribution in [0.1, 0.15) is 25.5 Å². The van der Waals surface area contributed by atoms with Crippen molar-refractivity contribution in [3.63, 3.8) is 0 Å². The zero-order chi connectivity index (χ0) is 12.1. The third-order valence-electron chi connectivity index (χ3n) is 2.61. The molecule has 1 rings (SSSR count). The van der Waals surface area contributed by atoms with Crippen LogP contribution >= 0.6 is 0 Å². The minimum atomic E-state index is -0.237. The molecule has 0 amide bonds. The van der Waals surface area contributed by atoms with Crippen LogP contribution < -0.4 is 5.32 Å².